The number of aryl methyl sites for hydroxylation is 1. The molecular formula is C15H21N3. The molecule has 0 aliphatic carbocycles. The van der Waals surface area contributed by atoms with Crippen molar-refractivity contribution in [1.29, 1.82) is 0 Å². The summed E-state index contributed by atoms with van der Waals surface area (Å²) in [4.78, 5) is 0. The molecule has 2 aromatic rings. The van der Waals surface area contributed by atoms with Crippen molar-refractivity contribution in [2.24, 2.45) is 7.05 Å². The monoisotopic (exact) mass is 243 g/mol. The van der Waals surface area contributed by atoms with Crippen molar-refractivity contribution >= 4 is 0 Å². The van der Waals surface area contributed by atoms with Gasteiger partial charge in [0.05, 0.1) is 5.69 Å². The van der Waals surface area contributed by atoms with E-state index in [2.05, 4.69) is 53.7 Å². The minimum absolute atomic E-state index is 0.348. The third kappa shape index (κ3) is 3.44. The van der Waals surface area contributed by atoms with Gasteiger partial charge in [0.2, 0.25) is 0 Å². The van der Waals surface area contributed by atoms with Crippen LogP contribution in [-0.2, 0) is 13.5 Å². The smallest absolute Gasteiger partial charge is 0.0643 e. The third-order valence-electron chi connectivity index (χ3n) is 3.02. The zero-order valence-corrected chi connectivity index (χ0v) is 11.1. The predicted octanol–water partition coefficient (Wildman–Crippen LogP) is 2.70. The molecule has 18 heavy (non-hydrogen) atoms. The molecule has 0 saturated heterocycles. The summed E-state index contributed by atoms with van der Waals surface area (Å²) in [5.74, 6) is 0. The number of hydrogen-bond donors (Lipinski definition) is 1. The Morgan fingerprint density at radius 1 is 1.22 bits per heavy atom. The molecular weight excluding hydrogens is 222 g/mol. The Bertz CT molecular complexity index is 462. The van der Waals surface area contributed by atoms with Gasteiger partial charge in [0, 0.05) is 25.7 Å². The molecule has 0 fully saturated rings. The lowest BCUT2D eigenvalue weighted by Gasteiger charge is -2.18. The van der Waals surface area contributed by atoms with E-state index in [1.165, 1.54) is 5.56 Å². The fourth-order valence-electron chi connectivity index (χ4n) is 2.09. The van der Waals surface area contributed by atoms with Gasteiger partial charge in [0.15, 0.2) is 0 Å². The summed E-state index contributed by atoms with van der Waals surface area (Å²) in [6.07, 6.45) is 4.08. The van der Waals surface area contributed by atoms with Gasteiger partial charge in [-0.3, -0.25) is 4.68 Å². The summed E-state index contributed by atoms with van der Waals surface area (Å²) < 4.78 is 1.86. The standard InChI is InChI=1S/C15H21N3/c1-3-10-16-15(13-7-5-4-6-8-13)12-14-9-11-18(2)17-14/h4-9,11,15-16H,3,10,12H2,1-2H3. The molecule has 3 heteroatoms. The zero-order valence-electron chi connectivity index (χ0n) is 11.1. The fraction of sp³-hybridized carbons (Fsp3) is 0.400. The van der Waals surface area contributed by atoms with Crippen LogP contribution < -0.4 is 5.32 Å². The average molecular weight is 243 g/mol. The molecule has 1 N–H and O–H groups in total. The SMILES string of the molecule is CCCNC(Cc1ccn(C)n1)c1ccccc1. The van der Waals surface area contributed by atoms with E-state index in [0.29, 0.717) is 6.04 Å². The molecule has 0 aliphatic heterocycles. The predicted molar refractivity (Wildman–Crippen MR) is 74.4 cm³/mol. The first kappa shape index (κ1) is 12.8. The lowest BCUT2D eigenvalue weighted by molar-refractivity contribution is 0.521. The minimum atomic E-state index is 0.348. The summed E-state index contributed by atoms with van der Waals surface area (Å²) in [5, 5.41) is 8.05. The van der Waals surface area contributed by atoms with Crippen LogP contribution in [0.4, 0.5) is 0 Å². The average Bonchev–Trinajstić information content (AvgIpc) is 2.81. The Labute approximate surface area is 109 Å². The molecule has 1 unspecified atom stereocenters. The largest absolute Gasteiger partial charge is 0.310 e. The Morgan fingerprint density at radius 2 is 2.00 bits per heavy atom. The maximum atomic E-state index is 4.46. The fourth-order valence-corrected chi connectivity index (χ4v) is 2.09. The number of benzene rings is 1. The van der Waals surface area contributed by atoms with Crippen LogP contribution in [0, 0.1) is 0 Å². The molecule has 1 heterocycles. The lowest BCUT2D eigenvalue weighted by atomic mass is 10.0. The molecule has 0 spiro atoms. The molecule has 1 aromatic carbocycles. The van der Waals surface area contributed by atoms with E-state index in [0.717, 1.165) is 25.1 Å². The molecule has 1 aromatic heterocycles. The van der Waals surface area contributed by atoms with Crippen molar-refractivity contribution in [3.05, 3.63) is 53.9 Å². The first-order valence-corrected chi connectivity index (χ1v) is 6.56. The molecule has 96 valence electrons. The van der Waals surface area contributed by atoms with Gasteiger partial charge in [-0.05, 0) is 24.6 Å². The molecule has 0 aliphatic rings. The Balaban J connectivity index is 2.10. The van der Waals surface area contributed by atoms with Crippen molar-refractivity contribution < 1.29 is 0 Å². The number of rotatable bonds is 6. The van der Waals surface area contributed by atoms with Gasteiger partial charge in [-0.1, -0.05) is 37.3 Å². The first-order chi connectivity index (χ1) is 8.79. The normalized spacial score (nSPS) is 12.6. The van der Waals surface area contributed by atoms with E-state index < -0.39 is 0 Å². The molecule has 0 saturated carbocycles. The van der Waals surface area contributed by atoms with Gasteiger partial charge >= 0.3 is 0 Å². The van der Waals surface area contributed by atoms with Crippen LogP contribution in [-0.4, -0.2) is 16.3 Å². The van der Waals surface area contributed by atoms with Crippen LogP contribution in [0.3, 0.4) is 0 Å². The molecule has 0 amide bonds. The van der Waals surface area contributed by atoms with Gasteiger partial charge in [-0.25, -0.2) is 0 Å². The summed E-state index contributed by atoms with van der Waals surface area (Å²) in [5.41, 5.74) is 2.46. The topological polar surface area (TPSA) is 29.9 Å². The first-order valence-electron chi connectivity index (χ1n) is 6.56. The van der Waals surface area contributed by atoms with Crippen LogP contribution in [0.15, 0.2) is 42.6 Å². The molecule has 0 bridgehead atoms. The highest BCUT2D eigenvalue weighted by molar-refractivity contribution is 5.20. The Morgan fingerprint density at radius 3 is 2.61 bits per heavy atom. The van der Waals surface area contributed by atoms with E-state index >= 15 is 0 Å². The third-order valence-corrected chi connectivity index (χ3v) is 3.02. The molecule has 1 atom stereocenters. The van der Waals surface area contributed by atoms with Crippen LogP contribution >= 0.6 is 0 Å². The molecule has 2 rings (SSSR count). The second-order valence-electron chi connectivity index (χ2n) is 4.60. The second kappa shape index (κ2) is 6.36. The quantitative estimate of drug-likeness (QED) is 0.845. The summed E-state index contributed by atoms with van der Waals surface area (Å²) >= 11 is 0. The van der Waals surface area contributed by atoms with Crippen molar-refractivity contribution in [3.63, 3.8) is 0 Å². The van der Waals surface area contributed by atoms with Crippen LogP contribution in [0.1, 0.15) is 30.6 Å². The highest BCUT2D eigenvalue weighted by atomic mass is 15.2. The number of nitrogens with one attached hydrogen (secondary N) is 1. The van der Waals surface area contributed by atoms with Gasteiger partial charge in [-0.15, -0.1) is 0 Å². The maximum Gasteiger partial charge on any atom is 0.0643 e. The summed E-state index contributed by atoms with van der Waals surface area (Å²) in [6, 6.07) is 13.0. The van der Waals surface area contributed by atoms with Crippen molar-refractivity contribution in [2.45, 2.75) is 25.8 Å². The van der Waals surface area contributed by atoms with Crippen LogP contribution in [0.5, 0.6) is 0 Å². The van der Waals surface area contributed by atoms with Gasteiger partial charge in [0.1, 0.15) is 0 Å². The van der Waals surface area contributed by atoms with Gasteiger partial charge in [-0.2, -0.15) is 5.10 Å². The van der Waals surface area contributed by atoms with Crippen LogP contribution in [0.25, 0.3) is 0 Å². The van der Waals surface area contributed by atoms with E-state index in [9.17, 15) is 0 Å². The van der Waals surface area contributed by atoms with E-state index in [1.807, 2.05) is 17.9 Å². The second-order valence-corrected chi connectivity index (χ2v) is 4.60. The number of aromatic nitrogens is 2. The number of nitrogens with zero attached hydrogens (tertiary/aromatic N) is 2. The van der Waals surface area contributed by atoms with Crippen molar-refractivity contribution in [1.82, 2.24) is 15.1 Å². The van der Waals surface area contributed by atoms with Crippen molar-refractivity contribution in [3.8, 4) is 0 Å². The highest BCUT2D eigenvalue weighted by Crippen LogP contribution is 2.17. The minimum Gasteiger partial charge on any atom is -0.310 e. The Kier molecular flexibility index (Phi) is 4.53. The van der Waals surface area contributed by atoms with Crippen LogP contribution in [0.2, 0.25) is 0 Å². The van der Waals surface area contributed by atoms with Gasteiger partial charge < -0.3 is 5.32 Å². The summed E-state index contributed by atoms with van der Waals surface area (Å²) in [7, 11) is 1.96. The van der Waals surface area contributed by atoms with Crippen molar-refractivity contribution in [2.75, 3.05) is 6.54 Å². The van der Waals surface area contributed by atoms with E-state index in [1.54, 1.807) is 0 Å². The lowest BCUT2D eigenvalue weighted by Crippen LogP contribution is -2.24. The molecule has 3 nitrogen and oxygen atoms in total. The summed E-state index contributed by atoms with van der Waals surface area (Å²) in [6.45, 7) is 3.22. The zero-order chi connectivity index (χ0) is 12.8. The Hall–Kier alpha value is -1.61. The molecule has 0 radical (unpaired) electrons. The van der Waals surface area contributed by atoms with E-state index in [4.69, 9.17) is 0 Å². The highest BCUT2D eigenvalue weighted by Gasteiger charge is 2.12. The van der Waals surface area contributed by atoms with Gasteiger partial charge in [0.25, 0.3) is 0 Å². The maximum absolute atomic E-state index is 4.46. The van der Waals surface area contributed by atoms with E-state index in [-0.39, 0.29) is 0 Å². The number of hydrogen-bond acceptors (Lipinski definition) is 2.